The first-order chi connectivity index (χ1) is 8.04. The van der Waals surface area contributed by atoms with Crippen molar-refractivity contribution < 1.29 is 9.59 Å². The van der Waals surface area contributed by atoms with Gasteiger partial charge in [0.15, 0.2) is 0 Å². The highest BCUT2D eigenvalue weighted by molar-refractivity contribution is 5.85. The van der Waals surface area contributed by atoms with Crippen LogP contribution in [0.2, 0.25) is 0 Å². The molecule has 3 N–H and O–H groups in total. The number of carbonyl (C=O) groups is 2. The molecule has 0 aromatic carbocycles. The smallest absolute Gasteiger partial charge is 0.241 e. The average molecular weight is 241 g/mol. The molecule has 0 bridgehead atoms. The van der Waals surface area contributed by atoms with E-state index >= 15 is 0 Å². The van der Waals surface area contributed by atoms with E-state index in [-0.39, 0.29) is 24.9 Å². The summed E-state index contributed by atoms with van der Waals surface area (Å²) in [5, 5.41) is 2.51. The van der Waals surface area contributed by atoms with E-state index < -0.39 is 0 Å². The Morgan fingerprint density at radius 2 is 1.94 bits per heavy atom. The zero-order valence-electron chi connectivity index (χ0n) is 10.7. The predicted octanol–water partition coefficient (Wildman–Crippen LogP) is -0.0441. The molecule has 0 spiro atoms. The van der Waals surface area contributed by atoms with Crippen LogP contribution in [0.4, 0.5) is 0 Å². The lowest BCUT2D eigenvalue weighted by Crippen LogP contribution is -2.45. The Kier molecular flexibility index (Phi) is 5.41. The van der Waals surface area contributed by atoms with Crippen LogP contribution in [0.15, 0.2) is 0 Å². The molecule has 0 atom stereocenters. The van der Waals surface area contributed by atoms with Gasteiger partial charge >= 0.3 is 0 Å². The summed E-state index contributed by atoms with van der Waals surface area (Å²) in [5.74, 6) is 1.12. The fraction of sp³-hybridized carbons (Fsp3) is 0.833. The maximum absolute atomic E-state index is 11.8. The molecular formula is C12H23N3O2. The fourth-order valence-corrected chi connectivity index (χ4v) is 2.17. The summed E-state index contributed by atoms with van der Waals surface area (Å²) in [6.45, 7) is 6.07. The highest BCUT2D eigenvalue weighted by Crippen LogP contribution is 2.24. The Hall–Kier alpha value is -1.10. The van der Waals surface area contributed by atoms with Crippen LogP contribution in [0.3, 0.4) is 0 Å². The van der Waals surface area contributed by atoms with E-state index in [1.165, 1.54) is 0 Å². The molecule has 0 aromatic rings. The number of nitrogens with two attached hydrogens (primary N) is 1. The van der Waals surface area contributed by atoms with E-state index in [0.29, 0.717) is 5.92 Å². The minimum Gasteiger partial charge on any atom is -0.346 e. The summed E-state index contributed by atoms with van der Waals surface area (Å²) >= 11 is 0. The van der Waals surface area contributed by atoms with E-state index in [9.17, 15) is 9.59 Å². The normalized spacial score (nSPS) is 17.3. The van der Waals surface area contributed by atoms with Crippen molar-refractivity contribution in [3.63, 3.8) is 0 Å². The van der Waals surface area contributed by atoms with Gasteiger partial charge in [0.05, 0.1) is 13.1 Å². The van der Waals surface area contributed by atoms with Crippen LogP contribution >= 0.6 is 0 Å². The van der Waals surface area contributed by atoms with E-state index in [1.807, 2.05) is 4.90 Å². The minimum atomic E-state index is -0.282. The van der Waals surface area contributed by atoms with Crippen molar-refractivity contribution in [2.45, 2.75) is 26.7 Å². The van der Waals surface area contributed by atoms with Gasteiger partial charge in [0.25, 0.3) is 0 Å². The van der Waals surface area contributed by atoms with Crippen molar-refractivity contribution in [3.05, 3.63) is 0 Å². The van der Waals surface area contributed by atoms with Crippen LogP contribution in [0.1, 0.15) is 26.7 Å². The monoisotopic (exact) mass is 241 g/mol. The number of amides is 2. The molecule has 0 aromatic heterocycles. The van der Waals surface area contributed by atoms with Gasteiger partial charge in [0.2, 0.25) is 11.8 Å². The van der Waals surface area contributed by atoms with Gasteiger partial charge in [0.1, 0.15) is 0 Å². The third-order valence-electron chi connectivity index (χ3n) is 3.46. The fourth-order valence-electron chi connectivity index (χ4n) is 2.17. The second-order valence-corrected chi connectivity index (χ2v) is 4.94. The molecule has 0 saturated carbocycles. The standard InChI is InChI=1S/C12H23N3O2/c1-9(2)10-3-5-15(6-4-10)12(17)8-14-11(16)7-13/h9-10H,3-8,13H2,1-2H3,(H,14,16). The van der Waals surface area contributed by atoms with Crippen molar-refractivity contribution in [1.82, 2.24) is 10.2 Å². The van der Waals surface area contributed by atoms with Crippen molar-refractivity contribution in [1.29, 1.82) is 0 Å². The lowest BCUT2D eigenvalue weighted by atomic mass is 9.87. The van der Waals surface area contributed by atoms with Crippen LogP contribution in [-0.2, 0) is 9.59 Å². The lowest BCUT2D eigenvalue weighted by Gasteiger charge is -2.33. The van der Waals surface area contributed by atoms with Gasteiger partial charge in [-0.15, -0.1) is 0 Å². The first-order valence-electron chi connectivity index (χ1n) is 6.29. The Labute approximate surface area is 103 Å². The maximum Gasteiger partial charge on any atom is 0.241 e. The summed E-state index contributed by atoms with van der Waals surface area (Å²) < 4.78 is 0. The zero-order chi connectivity index (χ0) is 12.8. The number of hydrogen-bond donors (Lipinski definition) is 2. The van der Waals surface area contributed by atoms with E-state index in [4.69, 9.17) is 5.73 Å². The van der Waals surface area contributed by atoms with Crippen LogP contribution in [0.5, 0.6) is 0 Å². The predicted molar refractivity (Wildman–Crippen MR) is 66.2 cm³/mol. The molecule has 1 heterocycles. The Morgan fingerprint density at radius 1 is 1.35 bits per heavy atom. The Balaban J connectivity index is 2.28. The van der Waals surface area contributed by atoms with E-state index in [0.717, 1.165) is 31.8 Å². The molecule has 0 unspecified atom stereocenters. The van der Waals surface area contributed by atoms with Gasteiger partial charge in [0, 0.05) is 13.1 Å². The number of rotatable bonds is 4. The van der Waals surface area contributed by atoms with Crippen molar-refractivity contribution in [3.8, 4) is 0 Å². The number of nitrogens with zero attached hydrogens (tertiary/aromatic N) is 1. The Bertz CT molecular complexity index is 271. The highest BCUT2D eigenvalue weighted by Gasteiger charge is 2.24. The second kappa shape index (κ2) is 6.59. The van der Waals surface area contributed by atoms with E-state index in [1.54, 1.807) is 0 Å². The molecule has 98 valence electrons. The second-order valence-electron chi connectivity index (χ2n) is 4.94. The number of hydrogen-bond acceptors (Lipinski definition) is 3. The van der Waals surface area contributed by atoms with Crippen LogP contribution in [0, 0.1) is 11.8 Å². The molecule has 0 aliphatic carbocycles. The number of likely N-dealkylation sites (tertiary alicyclic amines) is 1. The molecule has 1 saturated heterocycles. The quantitative estimate of drug-likeness (QED) is 0.725. The number of nitrogens with one attached hydrogen (secondary N) is 1. The SMILES string of the molecule is CC(C)C1CCN(C(=O)CNC(=O)CN)CC1. The molecule has 1 rings (SSSR count). The molecule has 0 radical (unpaired) electrons. The summed E-state index contributed by atoms with van der Waals surface area (Å²) in [6.07, 6.45) is 2.13. The third-order valence-corrected chi connectivity index (χ3v) is 3.46. The number of piperidine rings is 1. The summed E-state index contributed by atoms with van der Waals surface area (Å²) in [5.41, 5.74) is 5.15. The number of carbonyl (C=O) groups excluding carboxylic acids is 2. The molecule has 1 fully saturated rings. The van der Waals surface area contributed by atoms with Gasteiger partial charge in [-0.25, -0.2) is 0 Å². The molecular weight excluding hydrogens is 218 g/mol. The zero-order valence-corrected chi connectivity index (χ0v) is 10.7. The molecule has 1 aliphatic rings. The minimum absolute atomic E-state index is 0.00555. The molecule has 5 nitrogen and oxygen atoms in total. The molecule has 5 heteroatoms. The first kappa shape index (κ1) is 14.0. The third kappa shape index (κ3) is 4.34. The maximum atomic E-state index is 11.8. The van der Waals surface area contributed by atoms with Gasteiger partial charge in [-0.05, 0) is 24.7 Å². The van der Waals surface area contributed by atoms with Gasteiger partial charge in [-0.1, -0.05) is 13.8 Å². The first-order valence-corrected chi connectivity index (χ1v) is 6.29. The largest absolute Gasteiger partial charge is 0.346 e. The van der Waals surface area contributed by atoms with Gasteiger partial charge < -0.3 is 16.0 Å². The summed E-state index contributed by atoms with van der Waals surface area (Å²) in [4.78, 5) is 24.5. The van der Waals surface area contributed by atoms with Crippen molar-refractivity contribution in [2.24, 2.45) is 17.6 Å². The summed E-state index contributed by atoms with van der Waals surface area (Å²) in [6, 6.07) is 0. The van der Waals surface area contributed by atoms with Crippen LogP contribution in [-0.4, -0.2) is 42.9 Å². The van der Waals surface area contributed by atoms with Crippen molar-refractivity contribution >= 4 is 11.8 Å². The Morgan fingerprint density at radius 3 is 2.41 bits per heavy atom. The van der Waals surface area contributed by atoms with Crippen LogP contribution in [0.25, 0.3) is 0 Å². The molecule has 2 amide bonds. The van der Waals surface area contributed by atoms with Gasteiger partial charge in [-0.2, -0.15) is 0 Å². The highest BCUT2D eigenvalue weighted by atomic mass is 16.2. The summed E-state index contributed by atoms with van der Waals surface area (Å²) in [7, 11) is 0. The molecule has 17 heavy (non-hydrogen) atoms. The van der Waals surface area contributed by atoms with Crippen molar-refractivity contribution in [2.75, 3.05) is 26.2 Å². The van der Waals surface area contributed by atoms with Gasteiger partial charge in [-0.3, -0.25) is 9.59 Å². The van der Waals surface area contributed by atoms with E-state index in [2.05, 4.69) is 19.2 Å². The van der Waals surface area contributed by atoms with Crippen LogP contribution < -0.4 is 11.1 Å². The average Bonchev–Trinajstić information content (AvgIpc) is 2.35. The lowest BCUT2D eigenvalue weighted by molar-refractivity contribution is -0.133. The molecule has 1 aliphatic heterocycles. The topological polar surface area (TPSA) is 75.4 Å².